The Morgan fingerprint density at radius 2 is 2.12 bits per heavy atom. The third-order valence-electron chi connectivity index (χ3n) is 3.51. The fraction of sp³-hybridized carbons (Fsp3) is 0.267. The van der Waals surface area contributed by atoms with E-state index in [0.717, 1.165) is 10.2 Å². The van der Waals surface area contributed by atoms with Crippen molar-refractivity contribution < 1.29 is 14.3 Å². The molecule has 1 aromatic carbocycles. The van der Waals surface area contributed by atoms with Gasteiger partial charge in [0.15, 0.2) is 11.5 Å². The summed E-state index contributed by atoms with van der Waals surface area (Å²) >= 11 is 11.5. The molecule has 1 aliphatic heterocycles. The summed E-state index contributed by atoms with van der Waals surface area (Å²) in [5, 5.41) is 6.47. The molecule has 1 N–H and O–H groups in total. The van der Waals surface area contributed by atoms with Gasteiger partial charge in [-0.1, -0.05) is 29.3 Å². The van der Waals surface area contributed by atoms with Crippen molar-refractivity contribution in [1.29, 1.82) is 0 Å². The molecule has 0 aliphatic carbocycles. The lowest BCUT2D eigenvalue weighted by Crippen LogP contribution is -2.35. The van der Waals surface area contributed by atoms with E-state index in [1.54, 1.807) is 12.1 Å². The molecule has 0 radical (unpaired) electrons. The maximum absolute atomic E-state index is 12.1. The van der Waals surface area contributed by atoms with Crippen molar-refractivity contribution in [3.05, 3.63) is 50.4 Å². The average Bonchev–Trinajstić information content (AvgIpc) is 3.03. The lowest BCUT2D eigenvalue weighted by molar-refractivity contribution is -0.122. The predicted molar refractivity (Wildman–Crippen MR) is 87.6 cm³/mol. The molecule has 3 rings (SSSR count). The molecule has 24 heavy (non-hydrogen) atoms. The highest BCUT2D eigenvalue weighted by atomic mass is 35.5. The third-order valence-corrected chi connectivity index (χ3v) is 4.26. The van der Waals surface area contributed by atoms with Crippen molar-refractivity contribution in [3.63, 3.8) is 0 Å². The van der Waals surface area contributed by atoms with Gasteiger partial charge in [-0.3, -0.25) is 9.59 Å². The summed E-state index contributed by atoms with van der Waals surface area (Å²) in [4.78, 5) is 24.0. The predicted octanol–water partition coefficient (Wildman–Crippen LogP) is 2.16. The number of carbonyl (C=O) groups is 1. The number of benzene rings is 1. The van der Waals surface area contributed by atoms with E-state index in [1.807, 2.05) is 13.0 Å². The normalized spacial score (nSPS) is 13.6. The quantitative estimate of drug-likeness (QED) is 0.892. The molecule has 0 bridgehead atoms. The number of rotatable bonds is 4. The van der Waals surface area contributed by atoms with Gasteiger partial charge in [0.05, 0.1) is 17.3 Å². The Bertz CT molecular complexity index is 853. The van der Waals surface area contributed by atoms with Crippen LogP contribution in [-0.2, 0) is 11.3 Å². The molecule has 7 nitrogen and oxygen atoms in total. The molecule has 9 heteroatoms. The lowest BCUT2D eigenvalue weighted by Gasteiger charge is -2.15. The molecule has 1 atom stereocenters. The minimum absolute atomic E-state index is 0.0482. The Balaban J connectivity index is 1.69. The van der Waals surface area contributed by atoms with E-state index in [0.29, 0.717) is 11.5 Å². The molecule has 0 saturated carbocycles. The number of ether oxygens (including phenoxy) is 2. The van der Waals surface area contributed by atoms with Crippen LogP contribution in [0.15, 0.2) is 29.2 Å². The van der Waals surface area contributed by atoms with Gasteiger partial charge < -0.3 is 14.8 Å². The molecule has 1 amide bonds. The van der Waals surface area contributed by atoms with Gasteiger partial charge in [0.1, 0.15) is 11.6 Å². The number of fused-ring (bicyclic) bond motifs is 1. The number of halogens is 2. The minimum Gasteiger partial charge on any atom is -0.454 e. The van der Waals surface area contributed by atoms with Crippen LogP contribution in [0.5, 0.6) is 11.5 Å². The van der Waals surface area contributed by atoms with Crippen LogP contribution < -0.4 is 20.3 Å². The van der Waals surface area contributed by atoms with Crippen molar-refractivity contribution in [2.45, 2.75) is 19.5 Å². The Morgan fingerprint density at radius 3 is 2.92 bits per heavy atom. The van der Waals surface area contributed by atoms with Gasteiger partial charge >= 0.3 is 0 Å². The fourth-order valence-electron chi connectivity index (χ4n) is 2.25. The molecular weight excluding hydrogens is 357 g/mol. The highest BCUT2D eigenvalue weighted by Crippen LogP contribution is 2.34. The van der Waals surface area contributed by atoms with Crippen LogP contribution in [0, 0.1) is 0 Å². The van der Waals surface area contributed by atoms with Gasteiger partial charge in [-0.25, -0.2) is 4.68 Å². The number of nitrogens with one attached hydrogen (secondary N) is 1. The highest BCUT2D eigenvalue weighted by molar-refractivity contribution is 6.41. The van der Waals surface area contributed by atoms with Gasteiger partial charge in [0, 0.05) is 0 Å². The molecule has 0 saturated heterocycles. The highest BCUT2D eigenvalue weighted by Gasteiger charge is 2.17. The minimum atomic E-state index is -0.616. The van der Waals surface area contributed by atoms with Crippen molar-refractivity contribution in [2.24, 2.45) is 0 Å². The first kappa shape index (κ1) is 16.6. The number of nitrogens with zero attached hydrogens (tertiary/aromatic N) is 2. The first-order valence-corrected chi connectivity index (χ1v) is 7.81. The smallest absolute Gasteiger partial charge is 0.287 e. The molecule has 126 valence electrons. The Kier molecular flexibility index (Phi) is 4.64. The van der Waals surface area contributed by atoms with Gasteiger partial charge in [0.2, 0.25) is 12.7 Å². The monoisotopic (exact) mass is 369 g/mol. The largest absolute Gasteiger partial charge is 0.454 e. The molecular formula is C15H13Cl2N3O4. The summed E-state index contributed by atoms with van der Waals surface area (Å²) in [6, 6.07) is 5.13. The maximum Gasteiger partial charge on any atom is 0.287 e. The molecule has 0 unspecified atom stereocenters. The summed E-state index contributed by atoms with van der Waals surface area (Å²) in [5.74, 6) is 0.924. The van der Waals surface area contributed by atoms with E-state index in [9.17, 15) is 9.59 Å². The van der Waals surface area contributed by atoms with Gasteiger partial charge in [0.25, 0.3) is 5.56 Å². The van der Waals surface area contributed by atoms with Crippen LogP contribution in [-0.4, -0.2) is 22.5 Å². The summed E-state index contributed by atoms with van der Waals surface area (Å²) in [5.41, 5.74) is 0.233. The van der Waals surface area contributed by atoms with Crippen molar-refractivity contribution >= 4 is 29.1 Å². The summed E-state index contributed by atoms with van der Waals surface area (Å²) in [7, 11) is 0. The molecule has 0 fully saturated rings. The van der Waals surface area contributed by atoms with Crippen LogP contribution in [0.2, 0.25) is 10.0 Å². The van der Waals surface area contributed by atoms with Crippen LogP contribution in [0.4, 0.5) is 0 Å². The zero-order chi connectivity index (χ0) is 17.3. The fourth-order valence-corrected chi connectivity index (χ4v) is 2.52. The Morgan fingerprint density at radius 1 is 1.38 bits per heavy atom. The second-order valence-electron chi connectivity index (χ2n) is 5.17. The second-order valence-corrected chi connectivity index (χ2v) is 5.96. The molecule has 1 aromatic heterocycles. The van der Waals surface area contributed by atoms with Gasteiger partial charge in [-0.15, -0.1) is 0 Å². The van der Waals surface area contributed by atoms with Crippen molar-refractivity contribution in [1.82, 2.24) is 15.1 Å². The van der Waals surface area contributed by atoms with Gasteiger partial charge in [-0.05, 0) is 24.6 Å². The van der Waals surface area contributed by atoms with Crippen molar-refractivity contribution in [2.75, 3.05) is 6.79 Å². The number of carbonyl (C=O) groups excluding carboxylic acids is 1. The molecule has 0 spiro atoms. The maximum atomic E-state index is 12.1. The van der Waals surface area contributed by atoms with Crippen LogP contribution >= 0.6 is 23.2 Å². The third kappa shape index (κ3) is 3.32. The first-order valence-electron chi connectivity index (χ1n) is 7.05. The van der Waals surface area contributed by atoms with E-state index in [4.69, 9.17) is 32.7 Å². The van der Waals surface area contributed by atoms with E-state index in [2.05, 4.69) is 10.4 Å². The first-order chi connectivity index (χ1) is 11.5. The standard InChI is InChI=1S/C15H13Cl2N3O4/c1-8(9-2-3-11-12(4-9)24-7-23-11)19-13(21)6-20-15(22)14(17)10(16)5-18-20/h2-5,8H,6-7H2,1H3,(H,19,21)/t8-/m0/s1. The number of amides is 1. The zero-order valence-electron chi connectivity index (χ0n) is 12.6. The lowest BCUT2D eigenvalue weighted by atomic mass is 10.1. The second kappa shape index (κ2) is 6.70. The van der Waals surface area contributed by atoms with Crippen LogP contribution in [0.25, 0.3) is 0 Å². The number of hydrogen-bond donors (Lipinski definition) is 1. The Hall–Kier alpha value is -2.25. The zero-order valence-corrected chi connectivity index (χ0v) is 14.1. The topological polar surface area (TPSA) is 82.5 Å². The van der Waals surface area contributed by atoms with E-state index < -0.39 is 5.56 Å². The molecule has 1 aliphatic rings. The van der Waals surface area contributed by atoms with E-state index in [1.165, 1.54) is 6.20 Å². The SMILES string of the molecule is C[C@H](NC(=O)Cn1ncc(Cl)c(Cl)c1=O)c1ccc2c(c1)OCO2. The summed E-state index contributed by atoms with van der Waals surface area (Å²) < 4.78 is 11.5. The van der Waals surface area contributed by atoms with Crippen LogP contribution in [0.3, 0.4) is 0 Å². The van der Waals surface area contributed by atoms with Gasteiger partial charge in [-0.2, -0.15) is 5.10 Å². The average molecular weight is 370 g/mol. The summed E-state index contributed by atoms with van der Waals surface area (Å²) in [6.07, 6.45) is 1.22. The van der Waals surface area contributed by atoms with E-state index >= 15 is 0 Å². The van der Waals surface area contributed by atoms with Crippen molar-refractivity contribution in [3.8, 4) is 11.5 Å². The molecule has 2 heterocycles. The number of hydrogen-bond acceptors (Lipinski definition) is 5. The Labute approximate surface area is 147 Å². The van der Waals surface area contributed by atoms with E-state index in [-0.39, 0.29) is 35.3 Å². The van der Waals surface area contributed by atoms with Crippen LogP contribution in [0.1, 0.15) is 18.5 Å². The number of aromatic nitrogens is 2. The summed E-state index contributed by atoms with van der Waals surface area (Å²) in [6.45, 7) is 1.75. The molecule has 2 aromatic rings.